The second-order valence-corrected chi connectivity index (χ2v) is 9.08. The number of carbonyl (C=O) groups is 2. The van der Waals surface area contributed by atoms with Crippen molar-refractivity contribution in [3.63, 3.8) is 0 Å². The molecule has 2 amide bonds. The number of aromatic nitrogens is 2. The standard InChI is InChI=1S/C24H27F3N6O2/c1-29-23(35)20-13-33(18-3-2-17(11-28)21(10-18)24(25,26)27)12-19(20)16-4-7-32(8-5-16)22(34)14-31-9-6-30-15-31/h2-3,6,9-10,15-16,19-20H,4-5,7-8,12-14H2,1H3,(H,29,35)/t19-,20+/m0/s1. The summed E-state index contributed by atoms with van der Waals surface area (Å²) in [7, 11) is 1.56. The average Bonchev–Trinajstić information content (AvgIpc) is 3.53. The minimum atomic E-state index is -4.64. The largest absolute Gasteiger partial charge is 0.417 e. The number of likely N-dealkylation sites (tertiary alicyclic amines) is 1. The molecular weight excluding hydrogens is 461 g/mol. The number of hydrogen-bond donors (Lipinski definition) is 1. The lowest BCUT2D eigenvalue weighted by molar-refractivity contribution is -0.137. The lowest BCUT2D eigenvalue weighted by Crippen LogP contribution is -2.44. The molecular formula is C24H27F3N6O2. The third kappa shape index (κ3) is 5.26. The summed E-state index contributed by atoms with van der Waals surface area (Å²) in [6.45, 7) is 2.11. The van der Waals surface area contributed by atoms with Gasteiger partial charge < -0.3 is 19.7 Å². The van der Waals surface area contributed by atoms with Crippen LogP contribution in [0.4, 0.5) is 18.9 Å². The maximum absolute atomic E-state index is 13.5. The topological polar surface area (TPSA) is 94.3 Å². The number of alkyl halides is 3. The lowest BCUT2D eigenvalue weighted by atomic mass is 9.78. The Bertz CT molecular complexity index is 1100. The summed E-state index contributed by atoms with van der Waals surface area (Å²) in [6.07, 6.45) is 1.76. The summed E-state index contributed by atoms with van der Waals surface area (Å²) in [6, 6.07) is 5.30. The van der Waals surface area contributed by atoms with Gasteiger partial charge in [0.1, 0.15) is 6.54 Å². The van der Waals surface area contributed by atoms with E-state index in [1.165, 1.54) is 12.1 Å². The Morgan fingerprint density at radius 3 is 2.57 bits per heavy atom. The molecule has 0 unspecified atom stereocenters. The summed E-state index contributed by atoms with van der Waals surface area (Å²) in [5.74, 6) is -0.385. The molecule has 0 spiro atoms. The number of amides is 2. The van der Waals surface area contributed by atoms with Gasteiger partial charge in [-0.1, -0.05) is 0 Å². The van der Waals surface area contributed by atoms with Gasteiger partial charge in [-0.15, -0.1) is 0 Å². The lowest BCUT2D eigenvalue weighted by Gasteiger charge is -2.36. The second kappa shape index (κ2) is 9.98. The van der Waals surface area contributed by atoms with Crippen molar-refractivity contribution >= 4 is 17.5 Å². The molecule has 3 heterocycles. The molecule has 2 fully saturated rings. The van der Waals surface area contributed by atoms with Crippen LogP contribution in [0.15, 0.2) is 36.9 Å². The summed E-state index contributed by atoms with van der Waals surface area (Å²) >= 11 is 0. The Labute approximate surface area is 201 Å². The van der Waals surface area contributed by atoms with Crippen molar-refractivity contribution in [1.82, 2.24) is 19.8 Å². The van der Waals surface area contributed by atoms with E-state index in [0.717, 1.165) is 18.9 Å². The summed E-state index contributed by atoms with van der Waals surface area (Å²) in [5.41, 5.74) is -1.05. The highest BCUT2D eigenvalue weighted by Gasteiger charge is 2.43. The first-order valence-electron chi connectivity index (χ1n) is 11.5. The van der Waals surface area contributed by atoms with E-state index in [1.54, 1.807) is 41.3 Å². The van der Waals surface area contributed by atoms with Gasteiger partial charge in [0.25, 0.3) is 0 Å². The molecule has 2 saturated heterocycles. The third-order valence-electron chi connectivity index (χ3n) is 7.12. The maximum atomic E-state index is 13.5. The van der Waals surface area contributed by atoms with Crippen LogP contribution in [-0.4, -0.2) is 59.5 Å². The second-order valence-electron chi connectivity index (χ2n) is 9.08. The van der Waals surface area contributed by atoms with Crippen molar-refractivity contribution in [2.45, 2.75) is 25.6 Å². The van der Waals surface area contributed by atoms with Crippen molar-refractivity contribution < 1.29 is 22.8 Å². The number of imidazole rings is 1. The fraction of sp³-hybridized carbons (Fsp3) is 0.500. The van der Waals surface area contributed by atoms with E-state index in [2.05, 4.69) is 10.3 Å². The van der Waals surface area contributed by atoms with Gasteiger partial charge in [-0.3, -0.25) is 9.59 Å². The number of hydrogen-bond acceptors (Lipinski definition) is 5. The predicted molar refractivity (Wildman–Crippen MR) is 121 cm³/mol. The molecule has 186 valence electrons. The van der Waals surface area contributed by atoms with Gasteiger partial charge >= 0.3 is 6.18 Å². The quantitative estimate of drug-likeness (QED) is 0.698. The number of halogens is 3. The average molecular weight is 489 g/mol. The molecule has 4 rings (SSSR count). The smallest absolute Gasteiger partial charge is 0.370 e. The Morgan fingerprint density at radius 1 is 1.23 bits per heavy atom. The van der Waals surface area contributed by atoms with E-state index in [1.807, 2.05) is 4.90 Å². The molecule has 0 aliphatic carbocycles. The zero-order valence-corrected chi connectivity index (χ0v) is 19.3. The first-order chi connectivity index (χ1) is 16.7. The highest BCUT2D eigenvalue weighted by molar-refractivity contribution is 5.80. The number of benzene rings is 1. The number of rotatable bonds is 5. The van der Waals surface area contributed by atoms with E-state index < -0.39 is 17.3 Å². The number of piperidine rings is 1. The van der Waals surface area contributed by atoms with Crippen LogP contribution in [0.1, 0.15) is 24.0 Å². The molecule has 0 radical (unpaired) electrons. The molecule has 8 nitrogen and oxygen atoms in total. The summed E-state index contributed by atoms with van der Waals surface area (Å²) in [4.78, 5) is 32.9. The van der Waals surface area contributed by atoms with E-state index in [4.69, 9.17) is 5.26 Å². The van der Waals surface area contributed by atoms with Crippen molar-refractivity contribution in [1.29, 1.82) is 5.26 Å². The van der Waals surface area contributed by atoms with Gasteiger partial charge in [-0.05, 0) is 42.9 Å². The normalized spacial score (nSPS) is 21.1. The van der Waals surface area contributed by atoms with Gasteiger partial charge in [0.15, 0.2) is 0 Å². The molecule has 2 aromatic rings. The molecule has 0 saturated carbocycles. The van der Waals surface area contributed by atoms with E-state index in [9.17, 15) is 22.8 Å². The first-order valence-corrected chi connectivity index (χ1v) is 11.5. The van der Waals surface area contributed by atoms with Crippen LogP contribution >= 0.6 is 0 Å². The molecule has 1 aromatic carbocycles. The zero-order chi connectivity index (χ0) is 25.2. The van der Waals surface area contributed by atoms with E-state index in [0.29, 0.717) is 31.9 Å². The van der Waals surface area contributed by atoms with Gasteiger partial charge in [-0.2, -0.15) is 18.4 Å². The maximum Gasteiger partial charge on any atom is 0.417 e. The fourth-order valence-electron chi connectivity index (χ4n) is 5.25. The van der Waals surface area contributed by atoms with E-state index >= 15 is 0 Å². The minimum Gasteiger partial charge on any atom is -0.370 e. The zero-order valence-electron chi connectivity index (χ0n) is 19.3. The van der Waals surface area contributed by atoms with Crippen LogP contribution in [-0.2, 0) is 22.3 Å². The third-order valence-corrected chi connectivity index (χ3v) is 7.12. The van der Waals surface area contributed by atoms with E-state index in [-0.39, 0.29) is 36.1 Å². The van der Waals surface area contributed by atoms with Crippen molar-refractivity contribution in [3.8, 4) is 6.07 Å². The molecule has 35 heavy (non-hydrogen) atoms. The summed E-state index contributed by atoms with van der Waals surface area (Å²) in [5, 5.41) is 11.8. The van der Waals surface area contributed by atoms with Crippen molar-refractivity contribution in [3.05, 3.63) is 48.0 Å². The molecule has 2 aliphatic rings. The number of carbonyl (C=O) groups excluding carboxylic acids is 2. The highest BCUT2D eigenvalue weighted by Crippen LogP contribution is 2.40. The Hall–Kier alpha value is -3.55. The minimum absolute atomic E-state index is 0.00890. The van der Waals surface area contributed by atoms with Crippen molar-refractivity contribution in [2.75, 3.05) is 38.1 Å². The molecule has 2 aliphatic heterocycles. The van der Waals surface area contributed by atoms with Crippen LogP contribution in [0, 0.1) is 29.1 Å². The number of nitrogens with zero attached hydrogens (tertiary/aromatic N) is 5. The highest BCUT2D eigenvalue weighted by atomic mass is 19.4. The van der Waals surface area contributed by atoms with Gasteiger partial charge in [-0.25, -0.2) is 4.98 Å². The number of anilines is 1. The molecule has 0 bridgehead atoms. The SMILES string of the molecule is CNC(=O)[C@@H]1CN(c2ccc(C#N)c(C(F)(F)F)c2)C[C@H]1C1CCN(C(=O)Cn2ccnc2)CC1. The molecule has 11 heteroatoms. The molecule has 2 atom stereocenters. The van der Waals surface area contributed by atoms with Crippen LogP contribution in [0.5, 0.6) is 0 Å². The van der Waals surface area contributed by atoms with Crippen LogP contribution in [0.3, 0.4) is 0 Å². The first kappa shape index (κ1) is 24.6. The van der Waals surface area contributed by atoms with Gasteiger partial charge in [0, 0.05) is 51.3 Å². The predicted octanol–water partition coefficient (Wildman–Crippen LogP) is 2.51. The molecule has 1 aromatic heterocycles. The Kier molecular flexibility index (Phi) is 7.00. The fourth-order valence-corrected chi connectivity index (χ4v) is 5.25. The Morgan fingerprint density at radius 2 is 1.97 bits per heavy atom. The van der Waals surface area contributed by atoms with Crippen LogP contribution < -0.4 is 10.2 Å². The van der Waals surface area contributed by atoms with Crippen molar-refractivity contribution in [2.24, 2.45) is 17.8 Å². The van der Waals surface area contributed by atoms with Gasteiger partial charge in [0.2, 0.25) is 11.8 Å². The van der Waals surface area contributed by atoms with Crippen LogP contribution in [0.2, 0.25) is 0 Å². The van der Waals surface area contributed by atoms with Gasteiger partial charge in [0.05, 0.1) is 29.4 Å². The Balaban J connectivity index is 1.47. The molecule has 1 N–H and O–H groups in total. The summed E-state index contributed by atoms with van der Waals surface area (Å²) < 4.78 is 42.2. The monoisotopic (exact) mass is 488 g/mol. The number of nitrogens with one attached hydrogen (secondary N) is 1. The van der Waals surface area contributed by atoms with Crippen LogP contribution in [0.25, 0.3) is 0 Å². The number of nitriles is 1.